The van der Waals surface area contributed by atoms with Gasteiger partial charge >= 0.3 is 0 Å². The Morgan fingerprint density at radius 2 is 1.88 bits per heavy atom. The summed E-state index contributed by atoms with van der Waals surface area (Å²) >= 11 is 0. The van der Waals surface area contributed by atoms with Gasteiger partial charge < -0.3 is 4.90 Å². The van der Waals surface area contributed by atoms with Gasteiger partial charge in [-0.2, -0.15) is 5.10 Å². The van der Waals surface area contributed by atoms with Gasteiger partial charge in [-0.25, -0.2) is 0 Å². The lowest BCUT2D eigenvalue weighted by atomic mass is 10.0. The molecule has 1 aromatic heterocycles. The van der Waals surface area contributed by atoms with Crippen LogP contribution in [0.15, 0.2) is 36.5 Å². The molecule has 3 rings (SSSR count). The minimum atomic E-state index is -0.0260. The Hall–Kier alpha value is -2.36. The lowest BCUT2D eigenvalue weighted by molar-refractivity contribution is -0.126. The minimum absolute atomic E-state index is 0.0260. The van der Waals surface area contributed by atoms with Crippen molar-refractivity contribution in [2.45, 2.75) is 59.0 Å². The average Bonchev–Trinajstić information content (AvgIpc) is 3.03. The van der Waals surface area contributed by atoms with Gasteiger partial charge in [0.15, 0.2) is 0 Å². The summed E-state index contributed by atoms with van der Waals surface area (Å²) in [5.41, 5.74) is 4.76. The van der Waals surface area contributed by atoms with Crippen molar-refractivity contribution >= 4 is 12.0 Å². The van der Waals surface area contributed by atoms with Gasteiger partial charge in [0.05, 0.1) is 11.7 Å². The van der Waals surface area contributed by atoms with Crippen molar-refractivity contribution in [3.05, 3.63) is 58.9 Å². The molecule has 1 amide bonds. The van der Waals surface area contributed by atoms with Crippen LogP contribution in [0.25, 0.3) is 6.08 Å². The molecular formula is C22H29N3O. The predicted molar refractivity (Wildman–Crippen MR) is 106 cm³/mol. The highest BCUT2D eigenvalue weighted by molar-refractivity contribution is 5.91. The summed E-state index contributed by atoms with van der Waals surface area (Å²) in [5.74, 6) is 0.582. The zero-order valence-electron chi connectivity index (χ0n) is 16.5. The van der Waals surface area contributed by atoms with E-state index in [0.717, 1.165) is 24.1 Å². The zero-order chi connectivity index (χ0) is 18.9. The molecule has 0 spiro atoms. The van der Waals surface area contributed by atoms with Crippen LogP contribution < -0.4 is 0 Å². The van der Waals surface area contributed by atoms with Crippen LogP contribution in [-0.2, 0) is 23.3 Å². The van der Waals surface area contributed by atoms with Crippen LogP contribution in [0, 0.1) is 0 Å². The van der Waals surface area contributed by atoms with Crippen LogP contribution in [0.1, 0.15) is 62.9 Å². The third kappa shape index (κ3) is 3.90. The third-order valence-electron chi connectivity index (χ3n) is 4.90. The summed E-state index contributed by atoms with van der Waals surface area (Å²) in [6, 6.07) is 8.40. The van der Waals surface area contributed by atoms with E-state index in [9.17, 15) is 4.79 Å². The maximum absolute atomic E-state index is 12.6. The van der Waals surface area contributed by atoms with Gasteiger partial charge in [0.1, 0.15) is 0 Å². The van der Waals surface area contributed by atoms with Crippen molar-refractivity contribution in [2.24, 2.45) is 0 Å². The van der Waals surface area contributed by atoms with Crippen LogP contribution in [0.2, 0.25) is 0 Å². The standard InChI is InChI=1S/C22H29N3O/c1-16(2)18-9-6-17(7-10-18)8-11-21(26)24-13-12-20-19(15-24)14-23-25(20)22(3,4)5/h6-11,14,16H,12-13,15H2,1-5H3/b11-8+. The molecule has 0 fully saturated rings. The van der Waals surface area contributed by atoms with E-state index >= 15 is 0 Å². The molecule has 4 heteroatoms. The maximum Gasteiger partial charge on any atom is 0.246 e. The summed E-state index contributed by atoms with van der Waals surface area (Å²) in [6.07, 6.45) is 6.35. The summed E-state index contributed by atoms with van der Waals surface area (Å²) < 4.78 is 2.09. The van der Waals surface area contributed by atoms with Crippen LogP contribution >= 0.6 is 0 Å². The molecule has 138 valence electrons. The molecule has 1 aromatic carbocycles. The molecule has 2 aromatic rings. The van der Waals surface area contributed by atoms with Crippen molar-refractivity contribution in [1.82, 2.24) is 14.7 Å². The van der Waals surface area contributed by atoms with Crippen LogP contribution in [0.5, 0.6) is 0 Å². The van der Waals surface area contributed by atoms with E-state index in [-0.39, 0.29) is 11.4 Å². The number of carbonyl (C=O) groups is 1. The predicted octanol–water partition coefficient (Wildman–Crippen LogP) is 4.36. The molecule has 0 radical (unpaired) electrons. The zero-order valence-corrected chi connectivity index (χ0v) is 16.5. The van der Waals surface area contributed by atoms with Crippen molar-refractivity contribution < 1.29 is 4.79 Å². The first kappa shape index (κ1) is 18.4. The highest BCUT2D eigenvalue weighted by Crippen LogP contribution is 2.24. The molecule has 0 atom stereocenters. The Balaban J connectivity index is 1.67. The number of rotatable bonds is 3. The van der Waals surface area contributed by atoms with Crippen molar-refractivity contribution in [3.63, 3.8) is 0 Å². The van der Waals surface area contributed by atoms with Crippen LogP contribution in [0.4, 0.5) is 0 Å². The second kappa shape index (κ2) is 7.10. The van der Waals surface area contributed by atoms with Crippen LogP contribution in [0.3, 0.4) is 0 Å². The maximum atomic E-state index is 12.6. The molecule has 1 aliphatic rings. The first-order chi connectivity index (χ1) is 12.3. The SMILES string of the molecule is CC(C)c1ccc(/C=C/C(=O)N2CCc3c(cnn3C(C)(C)C)C2)cc1. The molecule has 0 saturated carbocycles. The molecule has 1 aliphatic heterocycles. The normalized spacial score (nSPS) is 14.9. The van der Waals surface area contributed by atoms with Gasteiger partial charge in [-0.3, -0.25) is 9.48 Å². The van der Waals surface area contributed by atoms with E-state index < -0.39 is 0 Å². The number of hydrogen-bond donors (Lipinski definition) is 0. The van der Waals surface area contributed by atoms with Gasteiger partial charge in [-0.1, -0.05) is 38.1 Å². The first-order valence-corrected chi connectivity index (χ1v) is 9.39. The lowest BCUT2D eigenvalue weighted by Gasteiger charge is -2.29. The number of amides is 1. The molecule has 0 bridgehead atoms. The fourth-order valence-corrected chi connectivity index (χ4v) is 3.36. The van der Waals surface area contributed by atoms with E-state index in [4.69, 9.17) is 0 Å². The fraction of sp³-hybridized carbons (Fsp3) is 0.455. The van der Waals surface area contributed by atoms with E-state index in [1.807, 2.05) is 17.2 Å². The largest absolute Gasteiger partial charge is 0.334 e. The Kier molecular flexibility index (Phi) is 5.03. The summed E-state index contributed by atoms with van der Waals surface area (Å²) in [5, 5.41) is 4.54. The molecule has 0 unspecified atom stereocenters. The Morgan fingerprint density at radius 3 is 2.50 bits per heavy atom. The number of benzene rings is 1. The van der Waals surface area contributed by atoms with Crippen molar-refractivity contribution in [3.8, 4) is 0 Å². The van der Waals surface area contributed by atoms with Gasteiger partial charge in [-0.15, -0.1) is 0 Å². The number of hydrogen-bond acceptors (Lipinski definition) is 2. The van der Waals surface area contributed by atoms with E-state index in [1.165, 1.54) is 11.3 Å². The molecular weight excluding hydrogens is 322 g/mol. The lowest BCUT2D eigenvalue weighted by Crippen LogP contribution is -2.36. The van der Waals surface area contributed by atoms with Crippen LogP contribution in [-0.4, -0.2) is 27.1 Å². The monoisotopic (exact) mass is 351 g/mol. The average molecular weight is 351 g/mol. The third-order valence-corrected chi connectivity index (χ3v) is 4.90. The van der Waals surface area contributed by atoms with Gasteiger partial charge in [0, 0.05) is 36.8 Å². The van der Waals surface area contributed by atoms with E-state index in [1.54, 1.807) is 6.08 Å². The quantitative estimate of drug-likeness (QED) is 0.771. The number of carbonyl (C=O) groups excluding carboxylic acids is 1. The highest BCUT2D eigenvalue weighted by atomic mass is 16.2. The van der Waals surface area contributed by atoms with Gasteiger partial charge in [0.25, 0.3) is 0 Å². The van der Waals surface area contributed by atoms with E-state index in [0.29, 0.717) is 12.5 Å². The topological polar surface area (TPSA) is 38.1 Å². The summed E-state index contributed by atoms with van der Waals surface area (Å²) in [7, 11) is 0. The van der Waals surface area contributed by atoms with Crippen molar-refractivity contribution in [2.75, 3.05) is 6.54 Å². The van der Waals surface area contributed by atoms with E-state index in [2.05, 4.69) is 68.7 Å². The molecule has 26 heavy (non-hydrogen) atoms. The second-order valence-electron chi connectivity index (χ2n) is 8.36. The first-order valence-electron chi connectivity index (χ1n) is 9.39. The Labute approximate surface area is 156 Å². The Bertz CT molecular complexity index is 807. The van der Waals surface area contributed by atoms with Gasteiger partial charge in [-0.05, 0) is 43.9 Å². The second-order valence-corrected chi connectivity index (χ2v) is 8.36. The number of aromatic nitrogens is 2. The molecule has 0 saturated heterocycles. The highest BCUT2D eigenvalue weighted by Gasteiger charge is 2.26. The fourth-order valence-electron chi connectivity index (χ4n) is 3.36. The molecule has 4 nitrogen and oxygen atoms in total. The molecule has 2 heterocycles. The summed E-state index contributed by atoms with van der Waals surface area (Å²) in [4.78, 5) is 14.5. The smallest absolute Gasteiger partial charge is 0.246 e. The number of fused-ring (bicyclic) bond motifs is 1. The Morgan fingerprint density at radius 1 is 1.19 bits per heavy atom. The van der Waals surface area contributed by atoms with Gasteiger partial charge in [0.2, 0.25) is 5.91 Å². The molecule has 0 N–H and O–H groups in total. The summed E-state index contributed by atoms with van der Waals surface area (Å²) in [6.45, 7) is 12.2. The van der Waals surface area contributed by atoms with Crippen molar-refractivity contribution in [1.29, 1.82) is 0 Å². The minimum Gasteiger partial charge on any atom is -0.334 e. The number of nitrogens with zero attached hydrogens (tertiary/aromatic N) is 3. The molecule has 0 aliphatic carbocycles.